The highest BCUT2D eigenvalue weighted by Crippen LogP contribution is 2.73. The van der Waals surface area contributed by atoms with Crippen LogP contribution in [-0.4, -0.2) is 16.5 Å². The molecule has 4 aliphatic carbocycles. The number of rotatable bonds is 2. The Morgan fingerprint density at radius 3 is 2.73 bits per heavy atom. The van der Waals surface area contributed by atoms with Crippen LogP contribution in [0.25, 0.3) is 0 Å². The fraction of sp³-hybridized carbons (Fsp3) is 0.900. The van der Waals surface area contributed by atoms with Gasteiger partial charge in [0.2, 0.25) is 0 Å². The molecule has 0 heterocycles. The van der Waals surface area contributed by atoms with Crippen LogP contribution >= 0.6 is 15.9 Å². The van der Waals surface area contributed by atoms with E-state index in [9.17, 15) is 5.11 Å². The molecule has 0 aromatic heterocycles. The molecule has 2 heteroatoms. The molecule has 0 aromatic rings. The van der Waals surface area contributed by atoms with Crippen molar-refractivity contribution in [3.63, 3.8) is 0 Å². The molecule has 1 nitrogen and oxygen atoms in total. The molecule has 4 aliphatic rings. The van der Waals surface area contributed by atoms with E-state index in [4.69, 9.17) is 0 Å². The van der Waals surface area contributed by atoms with Gasteiger partial charge in [0.1, 0.15) is 0 Å². The summed E-state index contributed by atoms with van der Waals surface area (Å²) >= 11 is 3.74. The largest absolute Gasteiger partial charge is 0.395 e. The lowest BCUT2D eigenvalue weighted by Gasteiger charge is -2.56. The van der Waals surface area contributed by atoms with Gasteiger partial charge in [0.05, 0.1) is 6.61 Å². The van der Waals surface area contributed by atoms with Crippen LogP contribution in [0.15, 0.2) is 11.6 Å². The Labute approximate surface area is 144 Å². The van der Waals surface area contributed by atoms with Crippen LogP contribution in [-0.2, 0) is 0 Å². The van der Waals surface area contributed by atoms with Gasteiger partial charge in [-0.2, -0.15) is 0 Å². The molecule has 1 N–H and O–H groups in total. The zero-order valence-electron chi connectivity index (χ0n) is 14.4. The lowest BCUT2D eigenvalue weighted by Crippen LogP contribution is -2.47. The molecule has 3 saturated carbocycles. The molecule has 0 amide bonds. The smallest absolute Gasteiger partial charge is 0.0561 e. The first kappa shape index (κ1) is 15.7. The average molecular weight is 367 g/mol. The van der Waals surface area contributed by atoms with Crippen molar-refractivity contribution in [2.45, 2.75) is 70.5 Å². The number of hydrogen-bond donors (Lipinski definition) is 1. The van der Waals surface area contributed by atoms with Crippen molar-refractivity contribution in [3.05, 3.63) is 11.6 Å². The number of hydrogen-bond acceptors (Lipinski definition) is 1. The van der Waals surface area contributed by atoms with Crippen molar-refractivity contribution in [2.75, 3.05) is 6.61 Å². The van der Waals surface area contributed by atoms with E-state index < -0.39 is 0 Å². The predicted molar refractivity (Wildman–Crippen MR) is 95.0 cm³/mol. The molecule has 4 rings (SSSR count). The van der Waals surface area contributed by atoms with Gasteiger partial charge in [-0.1, -0.05) is 48.4 Å². The number of fused-ring (bicyclic) bond motifs is 5. The van der Waals surface area contributed by atoms with E-state index in [1.54, 1.807) is 0 Å². The molecule has 0 aliphatic heterocycles. The minimum atomic E-state index is 0.229. The molecule has 124 valence electrons. The van der Waals surface area contributed by atoms with Crippen molar-refractivity contribution in [2.24, 2.45) is 34.0 Å². The summed E-state index contributed by atoms with van der Waals surface area (Å²) in [6.07, 6.45) is 12.2. The van der Waals surface area contributed by atoms with E-state index in [0.29, 0.717) is 10.8 Å². The summed E-state index contributed by atoms with van der Waals surface area (Å²) in [5, 5.41) is 9.59. The Hall–Kier alpha value is 0.180. The van der Waals surface area contributed by atoms with Gasteiger partial charge < -0.3 is 5.11 Å². The highest BCUT2D eigenvalue weighted by Gasteiger charge is 2.65. The molecule has 7 atom stereocenters. The standard InChI is InChI=1S/C20H31BrO/c1-18(17(21)12-22)8-7-15-13(10-18)4-5-16-19(15,2)9-6-14-11-20(14,16)3/h7,13-14,16-17,22H,4-6,8-12H2,1-3H3/t13-,14+,16-,17?,18+,19-,20-/m0/s1. The topological polar surface area (TPSA) is 20.2 Å². The molecule has 0 spiro atoms. The lowest BCUT2D eigenvalue weighted by molar-refractivity contribution is 0.0240. The van der Waals surface area contributed by atoms with Crippen LogP contribution in [0.2, 0.25) is 0 Å². The second kappa shape index (κ2) is 4.85. The van der Waals surface area contributed by atoms with Crippen LogP contribution in [0.4, 0.5) is 0 Å². The van der Waals surface area contributed by atoms with Gasteiger partial charge >= 0.3 is 0 Å². The molecule has 3 fully saturated rings. The Bertz CT molecular complexity index is 514. The number of aliphatic hydroxyl groups excluding tert-OH is 1. The van der Waals surface area contributed by atoms with E-state index in [0.717, 1.165) is 24.2 Å². The molecule has 0 radical (unpaired) electrons. The molecular weight excluding hydrogens is 336 g/mol. The number of aliphatic hydroxyl groups is 1. The second-order valence-corrected chi connectivity index (χ2v) is 10.7. The van der Waals surface area contributed by atoms with Gasteiger partial charge in [-0.15, -0.1) is 0 Å². The molecule has 0 saturated heterocycles. The SMILES string of the molecule is C[C@@]1(C(Br)CO)CC=C2[C@@H](CC[C@@H]3[C@@]4(C)C[C@H]4CC[C@@]23C)C1. The normalized spacial score (nSPS) is 54.6. The number of alkyl halides is 1. The van der Waals surface area contributed by atoms with Crippen LogP contribution in [0, 0.1) is 34.0 Å². The van der Waals surface area contributed by atoms with E-state index >= 15 is 0 Å². The second-order valence-electron chi connectivity index (χ2n) is 9.56. The minimum Gasteiger partial charge on any atom is -0.395 e. The van der Waals surface area contributed by atoms with Gasteiger partial charge in [0.25, 0.3) is 0 Å². The van der Waals surface area contributed by atoms with Crippen LogP contribution in [0.1, 0.15) is 65.7 Å². The summed E-state index contributed by atoms with van der Waals surface area (Å²) in [6.45, 7) is 7.79. The number of allylic oxidation sites excluding steroid dienone is 2. The van der Waals surface area contributed by atoms with Crippen molar-refractivity contribution >= 4 is 15.9 Å². The summed E-state index contributed by atoms with van der Waals surface area (Å²) in [6, 6.07) is 0. The Morgan fingerprint density at radius 1 is 1.23 bits per heavy atom. The third kappa shape index (κ3) is 1.98. The fourth-order valence-corrected chi connectivity index (χ4v) is 7.14. The van der Waals surface area contributed by atoms with Gasteiger partial charge in [0.15, 0.2) is 0 Å². The average Bonchev–Trinajstić information content (AvgIpc) is 3.17. The van der Waals surface area contributed by atoms with Crippen molar-refractivity contribution < 1.29 is 5.11 Å². The Balaban J connectivity index is 1.65. The Kier molecular flexibility index (Phi) is 3.46. The van der Waals surface area contributed by atoms with Gasteiger partial charge in [-0.25, -0.2) is 0 Å². The van der Waals surface area contributed by atoms with Crippen LogP contribution in [0.3, 0.4) is 0 Å². The zero-order chi connectivity index (χ0) is 15.8. The van der Waals surface area contributed by atoms with Crippen molar-refractivity contribution in [3.8, 4) is 0 Å². The van der Waals surface area contributed by atoms with E-state index in [1.807, 2.05) is 5.57 Å². The van der Waals surface area contributed by atoms with E-state index in [2.05, 4.69) is 42.8 Å². The van der Waals surface area contributed by atoms with Gasteiger partial charge in [0, 0.05) is 4.83 Å². The maximum absolute atomic E-state index is 9.59. The van der Waals surface area contributed by atoms with Gasteiger partial charge in [-0.05, 0) is 78.9 Å². The first-order chi connectivity index (χ1) is 10.3. The molecule has 1 unspecified atom stereocenters. The molecule has 0 aromatic carbocycles. The third-order valence-electron chi connectivity index (χ3n) is 8.36. The quantitative estimate of drug-likeness (QED) is 0.517. The van der Waals surface area contributed by atoms with Crippen LogP contribution < -0.4 is 0 Å². The van der Waals surface area contributed by atoms with E-state index in [-0.39, 0.29) is 16.8 Å². The summed E-state index contributed by atoms with van der Waals surface area (Å²) in [4.78, 5) is 0.236. The maximum Gasteiger partial charge on any atom is 0.0561 e. The summed E-state index contributed by atoms with van der Waals surface area (Å²) in [5.41, 5.74) is 3.19. The highest BCUT2D eigenvalue weighted by molar-refractivity contribution is 9.09. The summed E-state index contributed by atoms with van der Waals surface area (Å²) in [7, 11) is 0. The van der Waals surface area contributed by atoms with Gasteiger partial charge in [-0.3, -0.25) is 0 Å². The predicted octanol–water partition coefficient (Wildman–Crippen LogP) is 5.32. The minimum absolute atomic E-state index is 0.229. The zero-order valence-corrected chi connectivity index (χ0v) is 16.0. The fourth-order valence-electron chi connectivity index (χ4n) is 6.77. The first-order valence-corrected chi connectivity index (χ1v) is 10.2. The maximum atomic E-state index is 9.59. The Morgan fingerprint density at radius 2 is 2.00 bits per heavy atom. The lowest BCUT2D eigenvalue weighted by atomic mass is 9.49. The van der Waals surface area contributed by atoms with E-state index in [1.165, 1.54) is 38.5 Å². The molecule has 22 heavy (non-hydrogen) atoms. The first-order valence-electron chi connectivity index (χ1n) is 9.29. The molecule has 0 bridgehead atoms. The van der Waals surface area contributed by atoms with Crippen molar-refractivity contribution in [1.82, 2.24) is 0 Å². The monoisotopic (exact) mass is 366 g/mol. The third-order valence-corrected chi connectivity index (χ3v) is 9.75. The highest BCUT2D eigenvalue weighted by atomic mass is 79.9. The molecular formula is C20H31BrO. The number of halogens is 1. The van der Waals surface area contributed by atoms with Crippen LogP contribution in [0.5, 0.6) is 0 Å². The van der Waals surface area contributed by atoms with Crippen molar-refractivity contribution in [1.29, 1.82) is 0 Å². The summed E-state index contributed by atoms with van der Waals surface area (Å²) < 4.78 is 0. The summed E-state index contributed by atoms with van der Waals surface area (Å²) in [5.74, 6) is 2.74.